The minimum atomic E-state index is -1.07. The van der Waals surface area contributed by atoms with Gasteiger partial charge in [0.1, 0.15) is 0 Å². The molecule has 0 spiro atoms. The van der Waals surface area contributed by atoms with E-state index in [2.05, 4.69) is 4.43 Å². The van der Waals surface area contributed by atoms with Gasteiger partial charge in [-0.1, -0.05) is 0 Å². The van der Waals surface area contributed by atoms with E-state index in [1.165, 1.54) is 0 Å². The molecule has 0 atom stereocenters. The van der Waals surface area contributed by atoms with E-state index in [4.69, 9.17) is 15.5 Å². The minimum Gasteiger partial charge on any atom is -0.510 e. The maximum Gasteiger partial charge on any atom is 0.320 e. The summed E-state index contributed by atoms with van der Waals surface area (Å²) in [6.07, 6.45) is 0.472. The number of halogens is 1. The highest BCUT2D eigenvalue weighted by Crippen LogP contribution is 1.92. The number of hydrogen-bond acceptors (Lipinski definition) is 3. The van der Waals surface area contributed by atoms with Crippen molar-refractivity contribution in [2.45, 2.75) is 12.5 Å². The maximum atomic E-state index is 10.6. The molecule has 0 aromatic heterocycles. The van der Waals surface area contributed by atoms with E-state index in [9.17, 15) is 4.79 Å². The molecule has 10 heavy (non-hydrogen) atoms. The normalized spacial score (nSPS) is 11.8. The lowest BCUT2D eigenvalue weighted by molar-refractivity contribution is -0.133. The predicted octanol–water partition coefficient (Wildman–Crippen LogP) is -0.694. The Morgan fingerprint density at radius 2 is 2.40 bits per heavy atom. The summed E-state index contributed by atoms with van der Waals surface area (Å²) in [6, 6.07) is 0.848. The van der Waals surface area contributed by atoms with Crippen LogP contribution >= 0.6 is 11.1 Å². The van der Waals surface area contributed by atoms with Gasteiger partial charge in [-0.15, -0.1) is 11.1 Å². The summed E-state index contributed by atoms with van der Waals surface area (Å²) in [5.74, 6) is -0.175. The summed E-state index contributed by atoms with van der Waals surface area (Å²) in [7, 11) is 0.124. The monoisotopic (exact) mass is 198 g/mol. The van der Waals surface area contributed by atoms with Crippen molar-refractivity contribution in [1.82, 2.24) is 0 Å². The van der Waals surface area contributed by atoms with Crippen LogP contribution in [0, 0.1) is 0 Å². The topological polar surface area (TPSA) is 35.5 Å². The van der Waals surface area contributed by atoms with Gasteiger partial charge in [-0.2, -0.15) is 0 Å². The Morgan fingerprint density at radius 3 is 2.90 bits per heavy atom. The van der Waals surface area contributed by atoms with Crippen LogP contribution in [0.15, 0.2) is 0 Å². The van der Waals surface area contributed by atoms with Gasteiger partial charge in [-0.25, -0.2) is 0 Å². The molecule has 0 aliphatic carbocycles. The molecule has 0 aromatic rings. The van der Waals surface area contributed by atoms with Crippen molar-refractivity contribution in [2.75, 3.05) is 7.11 Å². The fraction of sp³-hybridized carbons (Fsp3) is 0.750. The molecule has 0 bridgehead atoms. The molecule has 0 aliphatic heterocycles. The van der Waals surface area contributed by atoms with Crippen molar-refractivity contribution < 1.29 is 13.6 Å². The Hall–Kier alpha value is 0.154. The van der Waals surface area contributed by atoms with E-state index in [1.54, 1.807) is 7.11 Å². The summed E-state index contributed by atoms with van der Waals surface area (Å²) in [5, 5.41) is 0. The molecule has 0 unspecified atom stereocenters. The van der Waals surface area contributed by atoms with Crippen LogP contribution in [0.4, 0.5) is 0 Å². The molecule has 0 aliphatic rings. The molecule has 0 heterocycles. The van der Waals surface area contributed by atoms with E-state index in [0.717, 1.165) is 6.04 Å². The summed E-state index contributed by atoms with van der Waals surface area (Å²) < 4.78 is 9.50. The molecule has 0 rings (SSSR count). The minimum absolute atomic E-state index is 0.175. The van der Waals surface area contributed by atoms with Crippen molar-refractivity contribution in [3.8, 4) is 0 Å². The van der Waals surface area contributed by atoms with Gasteiger partial charge in [0.05, 0.1) is 0 Å². The summed E-state index contributed by atoms with van der Waals surface area (Å²) in [6.45, 7) is 0. The third-order valence-electron chi connectivity index (χ3n) is 0.945. The Bertz CT molecular complexity index is 101. The van der Waals surface area contributed by atoms with Gasteiger partial charge in [-0.05, 0) is 6.04 Å². The summed E-state index contributed by atoms with van der Waals surface area (Å²) in [4.78, 5) is 10.6. The summed E-state index contributed by atoms with van der Waals surface area (Å²) >= 11 is 5.29. The largest absolute Gasteiger partial charge is 0.510 e. The second kappa shape index (κ2) is 7.26. The van der Waals surface area contributed by atoms with Gasteiger partial charge in [0.15, 0.2) is 9.76 Å². The zero-order valence-electron chi connectivity index (χ0n) is 5.93. The van der Waals surface area contributed by atoms with Crippen LogP contribution in [0.3, 0.4) is 0 Å². The third-order valence-corrected chi connectivity index (χ3v) is 2.75. The Kier molecular flexibility index (Phi) is 7.37. The highest BCUT2D eigenvalue weighted by molar-refractivity contribution is 6.90. The molecular weight excluding hydrogens is 188 g/mol. The van der Waals surface area contributed by atoms with E-state index in [0.29, 0.717) is 6.42 Å². The van der Waals surface area contributed by atoms with Gasteiger partial charge in [0.25, 0.3) is 5.97 Å². The lowest BCUT2D eigenvalue weighted by Gasteiger charge is -1.98. The van der Waals surface area contributed by atoms with Crippen molar-refractivity contribution in [3.63, 3.8) is 0 Å². The zero-order valence-corrected chi connectivity index (χ0v) is 9.52. The van der Waals surface area contributed by atoms with Gasteiger partial charge >= 0.3 is 9.07 Å². The smallest absolute Gasteiger partial charge is 0.320 e. The standard InChI is InChI=1S/C4H11ClO3Si2/c1-7-9-3-2-4(6)8-10-5/h2-3,9-10H2,1H3. The van der Waals surface area contributed by atoms with Crippen LogP contribution < -0.4 is 0 Å². The molecule has 0 radical (unpaired) electrons. The molecule has 3 nitrogen and oxygen atoms in total. The Morgan fingerprint density at radius 1 is 1.70 bits per heavy atom. The van der Waals surface area contributed by atoms with Crippen molar-refractivity contribution in [1.29, 1.82) is 0 Å². The van der Waals surface area contributed by atoms with Gasteiger partial charge in [0.2, 0.25) is 0 Å². The van der Waals surface area contributed by atoms with Crippen LogP contribution in [0.5, 0.6) is 0 Å². The number of carbonyl (C=O) groups is 1. The number of carbonyl (C=O) groups excluding carboxylic acids is 1. The predicted molar refractivity (Wildman–Crippen MR) is 45.5 cm³/mol. The second-order valence-electron chi connectivity index (χ2n) is 1.72. The first-order chi connectivity index (χ1) is 4.81. The van der Waals surface area contributed by atoms with Crippen molar-refractivity contribution >= 4 is 35.9 Å². The van der Waals surface area contributed by atoms with Gasteiger partial charge in [0, 0.05) is 13.5 Å². The molecule has 0 aromatic carbocycles. The highest BCUT2D eigenvalue weighted by Gasteiger charge is 1.99. The molecular formula is C4H11ClO3Si2. The Labute approximate surface area is 69.6 Å². The molecule has 0 saturated carbocycles. The second-order valence-corrected chi connectivity index (χ2v) is 4.58. The maximum absolute atomic E-state index is 10.6. The number of rotatable bonds is 5. The van der Waals surface area contributed by atoms with E-state index in [-0.39, 0.29) is 5.97 Å². The quantitative estimate of drug-likeness (QED) is 0.333. The first-order valence-corrected chi connectivity index (χ1v) is 7.31. The molecule has 60 valence electrons. The van der Waals surface area contributed by atoms with Crippen molar-refractivity contribution in [3.05, 3.63) is 0 Å². The van der Waals surface area contributed by atoms with Gasteiger partial charge < -0.3 is 8.85 Å². The first kappa shape index (κ1) is 10.2. The highest BCUT2D eigenvalue weighted by atomic mass is 35.6. The van der Waals surface area contributed by atoms with Crippen LogP contribution in [-0.4, -0.2) is 31.9 Å². The third kappa shape index (κ3) is 6.28. The molecule has 0 saturated heterocycles. The fourth-order valence-electron chi connectivity index (χ4n) is 0.494. The summed E-state index contributed by atoms with van der Waals surface area (Å²) in [5.41, 5.74) is 0. The average molecular weight is 199 g/mol. The first-order valence-electron chi connectivity index (χ1n) is 3.01. The lowest BCUT2D eigenvalue weighted by atomic mass is 10.5. The molecule has 0 amide bonds. The SMILES string of the molecule is CO[SiH2]CCC(=O)O[SiH2]Cl. The van der Waals surface area contributed by atoms with E-state index in [1.807, 2.05) is 0 Å². The average Bonchev–Trinajstić information content (AvgIpc) is 1.89. The Balaban J connectivity index is 3.05. The fourth-order valence-corrected chi connectivity index (χ4v) is 1.85. The van der Waals surface area contributed by atoms with Crippen LogP contribution in [0.25, 0.3) is 0 Å². The van der Waals surface area contributed by atoms with Crippen LogP contribution in [-0.2, 0) is 13.6 Å². The lowest BCUT2D eigenvalue weighted by Crippen LogP contribution is -2.06. The van der Waals surface area contributed by atoms with Crippen molar-refractivity contribution in [2.24, 2.45) is 0 Å². The van der Waals surface area contributed by atoms with E-state index < -0.39 is 18.8 Å². The molecule has 6 heteroatoms. The van der Waals surface area contributed by atoms with E-state index >= 15 is 0 Å². The molecule has 0 fully saturated rings. The zero-order chi connectivity index (χ0) is 7.82. The van der Waals surface area contributed by atoms with Crippen LogP contribution in [0.2, 0.25) is 6.04 Å². The van der Waals surface area contributed by atoms with Gasteiger partial charge in [-0.3, -0.25) is 4.79 Å². The van der Waals surface area contributed by atoms with Crippen LogP contribution in [0.1, 0.15) is 6.42 Å². The number of hydrogen-bond donors (Lipinski definition) is 0. The molecule has 0 N–H and O–H groups in total.